The van der Waals surface area contributed by atoms with Gasteiger partial charge in [-0.3, -0.25) is 9.59 Å². The molecule has 96 valence electrons. The van der Waals surface area contributed by atoms with Crippen molar-refractivity contribution in [2.75, 3.05) is 13.1 Å². The van der Waals surface area contributed by atoms with E-state index in [4.69, 9.17) is 0 Å². The van der Waals surface area contributed by atoms with E-state index in [1.165, 1.54) is 12.8 Å². The third kappa shape index (κ3) is 3.45. The average Bonchev–Trinajstić information content (AvgIpc) is 2.89. The molecule has 2 rings (SSSR count). The summed E-state index contributed by atoms with van der Waals surface area (Å²) in [5, 5.41) is 2.95. The van der Waals surface area contributed by atoms with Crippen molar-refractivity contribution in [3.05, 3.63) is 0 Å². The SMILES string of the molecule is CC(C)(C)NC(=O)[C@H]1CC(=O)N(CC2CC2)C1. The van der Waals surface area contributed by atoms with Crippen molar-refractivity contribution in [3.8, 4) is 0 Å². The minimum Gasteiger partial charge on any atom is -0.351 e. The van der Waals surface area contributed by atoms with Crippen LogP contribution in [-0.2, 0) is 9.59 Å². The van der Waals surface area contributed by atoms with Gasteiger partial charge in [0.15, 0.2) is 0 Å². The largest absolute Gasteiger partial charge is 0.351 e. The first-order chi connectivity index (χ1) is 7.85. The molecule has 0 aromatic carbocycles. The molecule has 1 aliphatic carbocycles. The van der Waals surface area contributed by atoms with Crippen LogP contribution in [0.15, 0.2) is 0 Å². The van der Waals surface area contributed by atoms with Crippen molar-refractivity contribution in [2.24, 2.45) is 11.8 Å². The van der Waals surface area contributed by atoms with Gasteiger partial charge in [0, 0.05) is 25.0 Å². The van der Waals surface area contributed by atoms with Crippen LogP contribution in [-0.4, -0.2) is 35.3 Å². The van der Waals surface area contributed by atoms with Crippen LogP contribution in [0.2, 0.25) is 0 Å². The van der Waals surface area contributed by atoms with Crippen LogP contribution in [0.25, 0.3) is 0 Å². The van der Waals surface area contributed by atoms with Gasteiger partial charge in [0.25, 0.3) is 0 Å². The first kappa shape index (κ1) is 12.4. The van der Waals surface area contributed by atoms with E-state index in [2.05, 4.69) is 5.32 Å². The molecule has 2 amide bonds. The molecule has 2 aliphatic rings. The van der Waals surface area contributed by atoms with Gasteiger partial charge in [0.05, 0.1) is 5.92 Å². The van der Waals surface area contributed by atoms with Crippen molar-refractivity contribution in [1.29, 1.82) is 0 Å². The van der Waals surface area contributed by atoms with Gasteiger partial charge in [-0.05, 0) is 39.5 Å². The molecule has 4 nitrogen and oxygen atoms in total. The van der Waals surface area contributed by atoms with E-state index in [0.717, 1.165) is 6.54 Å². The lowest BCUT2D eigenvalue weighted by molar-refractivity contribution is -0.129. The lowest BCUT2D eigenvalue weighted by Crippen LogP contribution is -2.44. The molecule has 17 heavy (non-hydrogen) atoms. The van der Waals surface area contributed by atoms with Crippen molar-refractivity contribution < 1.29 is 9.59 Å². The van der Waals surface area contributed by atoms with Crippen molar-refractivity contribution in [1.82, 2.24) is 10.2 Å². The third-order valence-electron chi connectivity index (χ3n) is 3.26. The Labute approximate surface area is 103 Å². The van der Waals surface area contributed by atoms with E-state index in [0.29, 0.717) is 18.9 Å². The number of carbonyl (C=O) groups is 2. The highest BCUT2D eigenvalue weighted by atomic mass is 16.2. The Morgan fingerprint density at radius 3 is 2.59 bits per heavy atom. The summed E-state index contributed by atoms with van der Waals surface area (Å²) in [5.41, 5.74) is -0.218. The van der Waals surface area contributed by atoms with Crippen LogP contribution >= 0.6 is 0 Å². The molecular formula is C13H22N2O2. The Balaban J connectivity index is 1.86. The fraction of sp³-hybridized carbons (Fsp3) is 0.846. The number of likely N-dealkylation sites (tertiary alicyclic amines) is 1. The maximum absolute atomic E-state index is 12.0. The van der Waals surface area contributed by atoms with Crippen LogP contribution in [0, 0.1) is 11.8 Å². The number of carbonyl (C=O) groups excluding carboxylic acids is 2. The van der Waals surface area contributed by atoms with E-state index >= 15 is 0 Å². The van der Waals surface area contributed by atoms with E-state index in [1.54, 1.807) is 0 Å². The van der Waals surface area contributed by atoms with E-state index in [9.17, 15) is 9.59 Å². The topological polar surface area (TPSA) is 49.4 Å². The van der Waals surface area contributed by atoms with Gasteiger partial charge in [-0.15, -0.1) is 0 Å². The average molecular weight is 238 g/mol. The summed E-state index contributed by atoms with van der Waals surface area (Å²) in [7, 11) is 0. The number of hydrogen-bond acceptors (Lipinski definition) is 2. The molecule has 4 heteroatoms. The summed E-state index contributed by atoms with van der Waals surface area (Å²) in [6.07, 6.45) is 2.86. The summed E-state index contributed by atoms with van der Waals surface area (Å²) in [4.78, 5) is 25.6. The number of nitrogens with one attached hydrogen (secondary N) is 1. The molecular weight excluding hydrogens is 216 g/mol. The lowest BCUT2D eigenvalue weighted by atomic mass is 10.0. The van der Waals surface area contributed by atoms with Crippen LogP contribution in [0.5, 0.6) is 0 Å². The second-order valence-electron chi connectivity index (χ2n) is 6.38. The summed E-state index contributed by atoms with van der Waals surface area (Å²) in [5.74, 6) is 0.707. The summed E-state index contributed by atoms with van der Waals surface area (Å²) >= 11 is 0. The molecule has 0 bridgehead atoms. The number of hydrogen-bond donors (Lipinski definition) is 1. The van der Waals surface area contributed by atoms with Crippen LogP contribution in [0.4, 0.5) is 0 Å². The van der Waals surface area contributed by atoms with Gasteiger partial charge < -0.3 is 10.2 Å². The standard InChI is InChI=1S/C13H22N2O2/c1-13(2,3)14-12(17)10-6-11(16)15(8-10)7-9-4-5-9/h9-10H,4-8H2,1-3H3,(H,14,17)/t10-/m0/s1. The van der Waals surface area contributed by atoms with Crippen molar-refractivity contribution >= 4 is 11.8 Å². The minimum atomic E-state index is -0.218. The Bertz CT molecular complexity index is 329. The van der Waals surface area contributed by atoms with Crippen LogP contribution < -0.4 is 5.32 Å². The molecule has 2 fully saturated rings. The Hall–Kier alpha value is -1.06. The Morgan fingerprint density at radius 2 is 2.06 bits per heavy atom. The predicted octanol–water partition coefficient (Wildman–Crippen LogP) is 1.16. The molecule has 1 heterocycles. The normalized spacial score (nSPS) is 25.2. The van der Waals surface area contributed by atoms with Gasteiger partial charge in [0.2, 0.25) is 11.8 Å². The zero-order valence-electron chi connectivity index (χ0n) is 11.0. The zero-order chi connectivity index (χ0) is 12.6. The van der Waals surface area contributed by atoms with E-state index in [-0.39, 0.29) is 23.3 Å². The maximum atomic E-state index is 12.0. The molecule has 1 atom stereocenters. The summed E-state index contributed by atoms with van der Waals surface area (Å²) in [6.45, 7) is 7.35. The Kier molecular flexibility index (Phi) is 3.15. The summed E-state index contributed by atoms with van der Waals surface area (Å²) < 4.78 is 0. The van der Waals surface area contributed by atoms with Gasteiger partial charge in [-0.2, -0.15) is 0 Å². The third-order valence-corrected chi connectivity index (χ3v) is 3.26. The second kappa shape index (κ2) is 4.31. The highest BCUT2D eigenvalue weighted by molar-refractivity contribution is 5.89. The number of rotatable bonds is 3. The van der Waals surface area contributed by atoms with Crippen LogP contribution in [0.3, 0.4) is 0 Å². The molecule has 0 radical (unpaired) electrons. The fourth-order valence-corrected chi connectivity index (χ4v) is 2.21. The lowest BCUT2D eigenvalue weighted by Gasteiger charge is -2.23. The van der Waals surface area contributed by atoms with E-state index in [1.807, 2.05) is 25.7 Å². The van der Waals surface area contributed by atoms with Gasteiger partial charge in [-0.1, -0.05) is 0 Å². The molecule has 1 saturated carbocycles. The van der Waals surface area contributed by atoms with Gasteiger partial charge in [0.1, 0.15) is 0 Å². The Morgan fingerprint density at radius 1 is 1.41 bits per heavy atom. The molecule has 1 aliphatic heterocycles. The number of nitrogens with zero attached hydrogens (tertiary/aromatic N) is 1. The zero-order valence-corrected chi connectivity index (χ0v) is 11.0. The first-order valence-corrected chi connectivity index (χ1v) is 6.45. The van der Waals surface area contributed by atoms with Crippen molar-refractivity contribution in [2.45, 2.75) is 45.6 Å². The molecule has 0 unspecified atom stereocenters. The monoisotopic (exact) mass is 238 g/mol. The molecule has 0 spiro atoms. The molecule has 0 aromatic heterocycles. The highest BCUT2D eigenvalue weighted by Crippen LogP contribution is 2.32. The quantitative estimate of drug-likeness (QED) is 0.802. The smallest absolute Gasteiger partial charge is 0.225 e. The minimum absolute atomic E-state index is 0.0177. The summed E-state index contributed by atoms with van der Waals surface area (Å²) in [6, 6.07) is 0. The molecule has 0 aromatic rings. The van der Waals surface area contributed by atoms with Gasteiger partial charge in [-0.25, -0.2) is 0 Å². The molecule has 1 N–H and O–H groups in total. The van der Waals surface area contributed by atoms with Crippen molar-refractivity contribution in [3.63, 3.8) is 0 Å². The highest BCUT2D eigenvalue weighted by Gasteiger charge is 2.37. The van der Waals surface area contributed by atoms with Crippen LogP contribution in [0.1, 0.15) is 40.0 Å². The first-order valence-electron chi connectivity index (χ1n) is 6.45. The fourth-order valence-electron chi connectivity index (χ4n) is 2.21. The molecule has 1 saturated heterocycles. The van der Waals surface area contributed by atoms with E-state index < -0.39 is 0 Å². The van der Waals surface area contributed by atoms with Gasteiger partial charge >= 0.3 is 0 Å². The predicted molar refractivity (Wildman–Crippen MR) is 65.3 cm³/mol. The number of amides is 2. The second-order valence-corrected chi connectivity index (χ2v) is 6.38. The maximum Gasteiger partial charge on any atom is 0.225 e.